The molecule has 0 bridgehead atoms. The van der Waals surface area contributed by atoms with Crippen molar-refractivity contribution >= 4 is 11.6 Å². The van der Waals surface area contributed by atoms with Crippen LogP contribution in [0.1, 0.15) is 5.69 Å². The number of aromatic nitrogens is 4. The van der Waals surface area contributed by atoms with Gasteiger partial charge in [0.05, 0.1) is 5.69 Å². The summed E-state index contributed by atoms with van der Waals surface area (Å²) >= 11 is 6.07. The Labute approximate surface area is 80.8 Å². The first-order valence-corrected chi connectivity index (χ1v) is 4.25. The van der Waals surface area contributed by atoms with Gasteiger partial charge in [-0.2, -0.15) is 5.10 Å². The number of aryl methyl sites for hydroxylation is 1. The average Bonchev–Trinajstić information content (AvgIpc) is 2.70. The molecule has 68 valence electrons. The number of nitrogens with zero attached hydrogens (tertiary/aromatic N) is 4. The number of hydrogen-bond donors (Lipinski definition) is 0. The van der Waals surface area contributed by atoms with Gasteiger partial charge in [0.2, 0.25) is 0 Å². The highest BCUT2D eigenvalue weighted by atomic mass is 35.5. The van der Waals surface area contributed by atoms with Crippen molar-refractivity contribution in [3.63, 3.8) is 0 Å². The lowest BCUT2D eigenvalue weighted by Crippen LogP contribution is -1.95. The fourth-order valence-electron chi connectivity index (χ4n) is 1.11. The maximum Gasteiger partial charge on any atom is 0.179 e. The molecule has 13 heavy (non-hydrogen) atoms. The average molecular weight is 197 g/mol. The fraction of sp³-hybridized carbons (Fsp3) is 0.250. The van der Waals surface area contributed by atoms with Gasteiger partial charge >= 0.3 is 0 Å². The van der Waals surface area contributed by atoms with E-state index in [2.05, 4.69) is 10.1 Å². The second kappa shape index (κ2) is 2.88. The van der Waals surface area contributed by atoms with Crippen molar-refractivity contribution in [2.24, 2.45) is 7.05 Å². The van der Waals surface area contributed by atoms with Gasteiger partial charge in [-0.25, -0.2) is 4.98 Å². The zero-order chi connectivity index (χ0) is 9.42. The Morgan fingerprint density at radius 3 is 2.69 bits per heavy atom. The van der Waals surface area contributed by atoms with E-state index in [1.165, 1.54) is 0 Å². The fourth-order valence-corrected chi connectivity index (χ4v) is 1.37. The van der Waals surface area contributed by atoms with Crippen molar-refractivity contribution in [2.45, 2.75) is 6.92 Å². The van der Waals surface area contributed by atoms with Crippen LogP contribution in [-0.2, 0) is 7.05 Å². The number of hydrogen-bond acceptors (Lipinski definition) is 2. The summed E-state index contributed by atoms with van der Waals surface area (Å²) in [5, 5.41) is 4.93. The standard InChI is InChI=1S/C8H9ClN4/c1-6-7(9)8(11-12(6)2)13-4-3-10-5-13/h3-5H,1-2H3. The zero-order valence-corrected chi connectivity index (χ0v) is 8.15. The molecule has 0 atom stereocenters. The summed E-state index contributed by atoms with van der Waals surface area (Å²) in [6, 6.07) is 0. The molecular formula is C8H9ClN4. The molecule has 0 aliphatic rings. The largest absolute Gasteiger partial charge is 0.288 e. The topological polar surface area (TPSA) is 35.6 Å². The molecule has 0 fully saturated rings. The van der Waals surface area contributed by atoms with Gasteiger partial charge in [0.25, 0.3) is 0 Å². The lowest BCUT2D eigenvalue weighted by molar-refractivity contribution is 0.727. The summed E-state index contributed by atoms with van der Waals surface area (Å²) < 4.78 is 3.53. The van der Waals surface area contributed by atoms with Crippen LogP contribution in [-0.4, -0.2) is 19.3 Å². The van der Waals surface area contributed by atoms with Crippen molar-refractivity contribution in [1.29, 1.82) is 0 Å². The molecule has 0 saturated heterocycles. The summed E-state index contributed by atoms with van der Waals surface area (Å²) in [6.45, 7) is 1.93. The van der Waals surface area contributed by atoms with Crippen molar-refractivity contribution in [3.8, 4) is 5.82 Å². The minimum absolute atomic E-state index is 0.667. The molecule has 0 saturated carbocycles. The molecular weight excluding hydrogens is 188 g/mol. The molecule has 0 radical (unpaired) electrons. The van der Waals surface area contributed by atoms with E-state index in [4.69, 9.17) is 11.6 Å². The molecule has 0 aliphatic carbocycles. The molecule has 0 aromatic carbocycles. The second-order valence-corrected chi connectivity index (χ2v) is 3.19. The third-order valence-electron chi connectivity index (χ3n) is 1.99. The minimum Gasteiger partial charge on any atom is -0.288 e. The molecule has 4 nitrogen and oxygen atoms in total. The molecule has 2 aromatic rings. The van der Waals surface area contributed by atoms with Gasteiger partial charge in [-0.05, 0) is 6.92 Å². The van der Waals surface area contributed by atoms with Gasteiger partial charge in [-0.15, -0.1) is 0 Å². The predicted molar refractivity (Wildman–Crippen MR) is 50.1 cm³/mol. The summed E-state index contributed by atoms with van der Waals surface area (Å²) in [5.74, 6) is 0.721. The Kier molecular flexibility index (Phi) is 1.84. The van der Waals surface area contributed by atoms with Crippen LogP contribution >= 0.6 is 11.6 Å². The zero-order valence-electron chi connectivity index (χ0n) is 7.40. The van der Waals surface area contributed by atoms with Gasteiger partial charge in [0.1, 0.15) is 11.3 Å². The van der Waals surface area contributed by atoms with Gasteiger partial charge < -0.3 is 0 Å². The van der Waals surface area contributed by atoms with Crippen LogP contribution in [0.15, 0.2) is 18.7 Å². The van der Waals surface area contributed by atoms with Crippen molar-refractivity contribution in [1.82, 2.24) is 19.3 Å². The van der Waals surface area contributed by atoms with Crippen LogP contribution < -0.4 is 0 Å². The lowest BCUT2D eigenvalue weighted by Gasteiger charge is -1.94. The first-order valence-electron chi connectivity index (χ1n) is 3.87. The number of rotatable bonds is 1. The van der Waals surface area contributed by atoms with E-state index in [0.717, 1.165) is 11.5 Å². The highest BCUT2D eigenvalue weighted by molar-refractivity contribution is 6.32. The van der Waals surface area contributed by atoms with Crippen molar-refractivity contribution in [2.75, 3.05) is 0 Å². The van der Waals surface area contributed by atoms with Crippen molar-refractivity contribution < 1.29 is 0 Å². The minimum atomic E-state index is 0.667. The van der Waals surface area contributed by atoms with Gasteiger partial charge in [-0.3, -0.25) is 9.25 Å². The van der Waals surface area contributed by atoms with Crippen LogP contribution in [0.5, 0.6) is 0 Å². The van der Waals surface area contributed by atoms with Crippen LogP contribution in [0.2, 0.25) is 5.02 Å². The van der Waals surface area contributed by atoms with E-state index in [-0.39, 0.29) is 0 Å². The maximum absolute atomic E-state index is 6.07. The van der Waals surface area contributed by atoms with E-state index >= 15 is 0 Å². The highest BCUT2D eigenvalue weighted by Crippen LogP contribution is 2.22. The maximum atomic E-state index is 6.07. The van der Waals surface area contributed by atoms with E-state index in [1.807, 2.05) is 20.2 Å². The second-order valence-electron chi connectivity index (χ2n) is 2.82. The lowest BCUT2D eigenvalue weighted by atomic mass is 10.4. The summed E-state index contributed by atoms with van der Waals surface area (Å²) in [6.07, 6.45) is 5.18. The van der Waals surface area contributed by atoms with Crippen LogP contribution in [0, 0.1) is 6.92 Å². The summed E-state index contributed by atoms with van der Waals surface area (Å²) in [7, 11) is 1.86. The van der Waals surface area contributed by atoms with E-state index in [9.17, 15) is 0 Å². The van der Waals surface area contributed by atoms with Crippen LogP contribution in [0.25, 0.3) is 5.82 Å². The van der Waals surface area contributed by atoms with Crippen LogP contribution in [0.4, 0.5) is 0 Å². The molecule has 0 spiro atoms. The van der Waals surface area contributed by atoms with Gasteiger partial charge in [-0.1, -0.05) is 11.6 Å². The molecule has 0 unspecified atom stereocenters. The number of imidazole rings is 1. The molecule has 5 heteroatoms. The third kappa shape index (κ3) is 1.23. The summed E-state index contributed by atoms with van der Waals surface area (Å²) in [5.41, 5.74) is 0.949. The first kappa shape index (κ1) is 8.31. The Morgan fingerprint density at radius 1 is 1.46 bits per heavy atom. The normalized spacial score (nSPS) is 10.7. The highest BCUT2D eigenvalue weighted by Gasteiger charge is 2.11. The SMILES string of the molecule is Cc1c(Cl)c(-n2ccnc2)nn1C. The molecule has 2 rings (SSSR count). The Bertz CT molecular complexity index is 416. The van der Waals surface area contributed by atoms with Crippen molar-refractivity contribution in [3.05, 3.63) is 29.4 Å². The quantitative estimate of drug-likeness (QED) is 0.694. The van der Waals surface area contributed by atoms with E-state index in [1.54, 1.807) is 21.8 Å². The first-order chi connectivity index (χ1) is 6.20. The van der Waals surface area contributed by atoms with E-state index in [0.29, 0.717) is 5.02 Å². The summed E-state index contributed by atoms with van der Waals surface area (Å²) in [4.78, 5) is 3.93. The van der Waals surface area contributed by atoms with E-state index < -0.39 is 0 Å². The predicted octanol–water partition coefficient (Wildman–Crippen LogP) is 1.57. The van der Waals surface area contributed by atoms with Gasteiger partial charge in [0, 0.05) is 19.4 Å². The van der Waals surface area contributed by atoms with Gasteiger partial charge in [0.15, 0.2) is 5.82 Å². The van der Waals surface area contributed by atoms with Crippen LogP contribution in [0.3, 0.4) is 0 Å². The molecule has 2 aromatic heterocycles. The Hall–Kier alpha value is -1.29. The molecule has 0 aliphatic heterocycles. The number of halogens is 1. The Morgan fingerprint density at radius 2 is 2.23 bits per heavy atom. The third-order valence-corrected chi connectivity index (χ3v) is 2.44. The smallest absolute Gasteiger partial charge is 0.179 e. The molecule has 0 amide bonds. The Balaban J connectivity index is 2.59. The monoisotopic (exact) mass is 196 g/mol. The molecule has 2 heterocycles. The molecule has 0 N–H and O–H groups in total.